The van der Waals surface area contributed by atoms with E-state index in [0.717, 1.165) is 40.3 Å². The van der Waals surface area contributed by atoms with E-state index < -0.39 is 10.0 Å². The monoisotopic (exact) mass is 437 g/mol. The van der Waals surface area contributed by atoms with Gasteiger partial charge in [0.15, 0.2) is 0 Å². The predicted octanol–water partition coefficient (Wildman–Crippen LogP) is 3.48. The molecule has 1 aliphatic heterocycles. The highest BCUT2D eigenvalue weighted by atomic mass is 32.2. The maximum Gasteiger partial charge on any atom is 0.257 e. The molecule has 0 unspecified atom stereocenters. The van der Waals surface area contributed by atoms with Crippen molar-refractivity contribution in [2.24, 2.45) is 0 Å². The number of aromatic nitrogens is 2. The first-order chi connectivity index (χ1) is 14.9. The second-order valence-electron chi connectivity index (χ2n) is 8.01. The number of rotatable bonds is 5. The molecule has 0 aliphatic carbocycles. The fourth-order valence-electron chi connectivity index (χ4n) is 4.30. The number of H-pyrrole nitrogens is 2. The topological polar surface area (TPSA) is 95.3 Å². The quantitative estimate of drug-likeness (QED) is 0.500. The van der Waals surface area contributed by atoms with Gasteiger partial charge in [0.1, 0.15) is 12.4 Å². The number of para-hydroxylation sites is 1. The normalized spacial score (nSPS) is 17.5. The van der Waals surface area contributed by atoms with Gasteiger partial charge in [-0.05, 0) is 54.6 Å². The van der Waals surface area contributed by atoms with Crippen LogP contribution in [0.1, 0.15) is 12.8 Å². The van der Waals surface area contributed by atoms with Crippen LogP contribution in [0.3, 0.4) is 0 Å². The van der Waals surface area contributed by atoms with Crippen LogP contribution in [-0.2, 0) is 10.0 Å². The Balaban J connectivity index is 1.41. The molecule has 5 rings (SSSR count). The van der Waals surface area contributed by atoms with Crippen LogP contribution in [0.4, 0.5) is 0 Å². The number of hydrogen-bond acceptors (Lipinski definition) is 4. The lowest BCUT2D eigenvalue weighted by Crippen LogP contribution is -2.38. The van der Waals surface area contributed by atoms with Crippen LogP contribution in [0.5, 0.6) is 5.75 Å². The van der Waals surface area contributed by atoms with Crippen molar-refractivity contribution < 1.29 is 13.2 Å². The van der Waals surface area contributed by atoms with Gasteiger partial charge in [0.25, 0.3) is 5.56 Å². The average molecular weight is 438 g/mol. The number of sulfonamides is 1. The van der Waals surface area contributed by atoms with Crippen molar-refractivity contribution in [1.82, 2.24) is 14.3 Å². The van der Waals surface area contributed by atoms with Crippen LogP contribution in [0, 0.1) is 0 Å². The molecule has 7 nitrogen and oxygen atoms in total. The van der Waals surface area contributed by atoms with Crippen LogP contribution < -0.4 is 10.3 Å². The van der Waals surface area contributed by atoms with E-state index in [0.29, 0.717) is 24.5 Å². The van der Waals surface area contributed by atoms with E-state index in [4.69, 9.17) is 4.74 Å². The Kier molecular flexibility index (Phi) is 4.83. The molecule has 0 bridgehead atoms. The summed E-state index contributed by atoms with van der Waals surface area (Å²) in [6.45, 7) is 0.869. The lowest BCUT2D eigenvalue weighted by molar-refractivity contribution is 0.233. The Morgan fingerprint density at radius 1 is 1.03 bits per heavy atom. The molecule has 0 spiro atoms. The number of nitrogens with one attached hydrogen (secondary N) is 2. The number of aromatic amines is 2. The third-order valence-electron chi connectivity index (χ3n) is 5.83. The van der Waals surface area contributed by atoms with E-state index >= 15 is 0 Å². The maximum atomic E-state index is 12.6. The van der Waals surface area contributed by atoms with Gasteiger partial charge in [0.2, 0.25) is 10.0 Å². The summed E-state index contributed by atoms with van der Waals surface area (Å²) in [6, 6.07) is 17.0. The van der Waals surface area contributed by atoms with E-state index in [-0.39, 0.29) is 11.6 Å². The zero-order valence-corrected chi connectivity index (χ0v) is 17.9. The van der Waals surface area contributed by atoms with Crippen molar-refractivity contribution in [3.05, 3.63) is 65.0 Å². The van der Waals surface area contributed by atoms with E-state index in [1.807, 2.05) is 54.6 Å². The standard InChI is InChI=1S/C23H23N3O4S/c1-31(28,29)26-10-4-6-17(26)14-30-18-8-9-21-16(11-18)13-22(24-21)19-12-15-5-2-3-7-20(15)25-23(19)27/h2-3,5,7-9,11-13,17,24H,4,6,10,14H2,1H3,(H,25,27)/t17-/m0/s1. The fraction of sp³-hybridized carbons (Fsp3) is 0.261. The summed E-state index contributed by atoms with van der Waals surface area (Å²) in [4.78, 5) is 18.8. The Hall–Kier alpha value is -3.10. The number of fused-ring (bicyclic) bond motifs is 2. The predicted molar refractivity (Wildman–Crippen MR) is 122 cm³/mol. The van der Waals surface area contributed by atoms with Gasteiger partial charge in [-0.15, -0.1) is 0 Å². The molecule has 31 heavy (non-hydrogen) atoms. The first-order valence-corrected chi connectivity index (χ1v) is 12.1. The Labute approximate surface area is 179 Å². The molecule has 4 aromatic rings. The summed E-state index contributed by atoms with van der Waals surface area (Å²) in [5.74, 6) is 0.672. The molecular weight excluding hydrogens is 414 g/mol. The number of pyridine rings is 1. The van der Waals surface area contributed by atoms with Gasteiger partial charge in [0, 0.05) is 23.0 Å². The smallest absolute Gasteiger partial charge is 0.257 e. The molecule has 0 radical (unpaired) electrons. The minimum atomic E-state index is -3.22. The Bertz CT molecular complexity index is 1440. The summed E-state index contributed by atoms with van der Waals surface area (Å²) in [5.41, 5.74) is 2.86. The molecule has 8 heteroatoms. The molecule has 0 saturated carbocycles. The van der Waals surface area contributed by atoms with Crippen LogP contribution >= 0.6 is 0 Å². The number of hydrogen-bond donors (Lipinski definition) is 2. The van der Waals surface area contributed by atoms with Crippen LogP contribution in [-0.4, -0.2) is 48.1 Å². The highest BCUT2D eigenvalue weighted by Gasteiger charge is 2.31. The first kappa shape index (κ1) is 19.8. The van der Waals surface area contributed by atoms with Crippen LogP contribution in [0.2, 0.25) is 0 Å². The van der Waals surface area contributed by atoms with E-state index in [1.54, 1.807) is 0 Å². The van der Waals surface area contributed by atoms with Gasteiger partial charge in [0.05, 0.1) is 23.6 Å². The molecule has 2 aromatic heterocycles. The third-order valence-corrected chi connectivity index (χ3v) is 7.16. The van der Waals surface area contributed by atoms with E-state index in [2.05, 4.69) is 9.97 Å². The van der Waals surface area contributed by atoms with Crippen LogP contribution in [0.25, 0.3) is 33.1 Å². The molecule has 2 aromatic carbocycles. The zero-order valence-electron chi connectivity index (χ0n) is 17.1. The molecule has 1 aliphatic rings. The summed E-state index contributed by atoms with van der Waals surface area (Å²) in [5, 5.41) is 1.89. The minimum absolute atomic E-state index is 0.136. The summed E-state index contributed by atoms with van der Waals surface area (Å²) in [7, 11) is -3.22. The van der Waals surface area contributed by atoms with E-state index in [9.17, 15) is 13.2 Å². The summed E-state index contributed by atoms with van der Waals surface area (Å²) >= 11 is 0. The highest BCUT2D eigenvalue weighted by Crippen LogP contribution is 2.28. The van der Waals surface area contributed by atoms with Gasteiger partial charge < -0.3 is 14.7 Å². The molecule has 0 amide bonds. The van der Waals surface area contributed by atoms with Crippen molar-refractivity contribution >= 4 is 31.8 Å². The molecule has 1 saturated heterocycles. The van der Waals surface area contributed by atoms with Crippen molar-refractivity contribution in [3.8, 4) is 17.0 Å². The summed E-state index contributed by atoms with van der Waals surface area (Å²) in [6.07, 6.45) is 2.89. The number of nitrogens with zero attached hydrogens (tertiary/aromatic N) is 1. The highest BCUT2D eigenvalue weighted by molar-refractivity contribution is 7.88. The van der Waals surface area contributed by atoms with Gasteiger partial charge in [-0.3, -0.25) is 4.79 Å². The van der Waals surface area contributed by atoms with Crippen molar-refractivity contribution in [3.63, 3.8) is 0 Å². The average Bonchev–Trinajstić information content (AvgIpc) is 3.38. The Morgan fingerprint density at radius 2 is 1.84 bits per heavy atom. The van der Waals surface area contributed by atoms with Gasteiger partial charge in [-0.2, -0.15) is 4.31 Å². The second-order valence-corrected chi connectivity index (χ2v) is 9.95. The summed E-state index contributed by atoms with van der Waals surface area (Å²) < 4.78 is 31.3. The zero-order chi connectivity index (χ0) is 21.6. The van der Waals surface area contributed by atoms with Crippen LogP contribution in [0.15, 0.2) is 59.4 Å². The van der Waals surface area contributed by atoms with Gasteiger partial charge in [-0.25, -0.2) is 8.42 Å². The molecule has 2 N–H and O–H groups in total. The lowest BCUT2D eigenvalue weighted by atomic mass is 10.1. The molecule has 160 valence electrons. The minimum Gasteiger partial charge on any atom is -0.492 e. The van der Waals surface area contributed by atoms with E-state index in [1.165, 1.54) is 10.6 Å². The second kappa shape index (κ2) is 7.55. The third kappa shape index (κ3) is 3.84. The number of benzene rings is 2. The lowest BCUT2D eigenvalue weighted by Gasteiger charge is -2.22. The molecule has 3 heterocycles. The fourth-order valence-corrected chi connectivity index (χ4v) is 5.47. The largest absolute Gasteiger partial charge is 0.492 e. The maximum absolute atomic E-state index is 12.6. The van der Waals surface area contributed by atoms with Crippen molar-refractivity contribution in [2.75, 3.05) is 19.4 Å². The SMILES string of the molecule is CS(=O)(=O)N1CCC[C@H]1COc1ccc2[nH]c(-c3cc4ccccc4[nH]c3=O)cc2c1. The molecule has 1 fully saturated rings. The molecular formula is C23H23N3O4S. The van der Waals surface area contributed by atoms with Gasteiger partial charge in [-0.1, -0.05) is 18.2 Å². The number of ether oxygens (including phenoxy) is 1. The Morgan fingerprint density at radius 3 is 2.68 bits per heavy atom. The van der Waals surface area contributed by atoms with Crippen molar-refractivity contribution in [1.29, 1.82) is 0 Å². The van der Waals surface area contributed by atoms with Gasteiger partial charge >= 0.3 is 0 Å². The molecule has 1 atom stereocenters. The van der Waals surface area contributed by atoms with Crippen molar-refractivity contribution in [2.45, 2.75) is 18.9 Å². The first-order valence-electron chi connectivity index (χ1n) is 10.2.